The van der Waals surface area contributed by atoms with Crippen LogP contribution in [-0.2, 0) is 26.6 Å². The Balaban J connectivity index is 2.00. The number of nitrogens with one attached hydrogen (secondary N) is 1. The van der Waals surface area contributed by atoms with Crippen LogP contribution in [0.3, 0.4) is 0 Å². The van der Waals surface area contributed by atoms with Crippen molar-refractivity contribution in [3.63, 3.8) is 0 Å². The molecule has 0 aliphatic carbocycles. The molecule has 0 atom stereocenters. The summed E-state index contributed by atoms with van der Waals surface area (Å²) >= 11 is 0. The Morgan fingerprint density at radius 1 is 1.25 bits per heavy atom. The van der Waals surface area contributed by atoms with Crippen molar-refractivity contribution in [3.05, 3.63) is 46.8 Å². The zero-order chi connectivity index (χ0) is 14.5. The quantitative estimate of drug-likeness (QED) is 0.879. The summed E-state index contributed by atoms with van der Waals surface area (Å²) in [6.45, 7) is 5.85. The Labute approximate surface area is 120 Å². The van der Waals surface area contributed by atoms with E-state index < -0.39 is 0 Å². The first-order valence-electron chi connectivity index (χ1n) is 6.99. The molecule has 0 radical (unpaired) electrons. The summed E-state index contributed by atoms with van der Waals surface area (Å²) in [7, 11) is 3.68. The van der Waals surface area contributed by atoms with Crippen LogP contribution >= 0.6 is 0 Å². The van der Waals surface area contributed by atoms with E-state index in [0.29, 0.717) is 0 Å². The molecule has 1 N–H and O–H groups in total. The van der Waals surface area contributed by atoms with Gasteiger partial charge in [0.15, 0.2) is 0 Å². The third kappa shape index (κ3) is 3.39. The van der Waals surface area contributed by atoms with E-state index in [9.17, 15) is 0 Å². The molecule has 4 nitrogen and oxygen atoms in total. The number of methoxy groups -OCH3 is 1. The first-order valence-corrected chi connectivity index (χ1v) is 6.99. The largest absolute Gasteiger partial charge is 0.496 e. The number of hydrogen-bond donors (Lipinski definition) is 1. The molecule has 1 aromatic heterocycles. The van der Waals surface area contributed by atoms with E-state index in [0.717, 1.165) is 31.0 Å². The molecule has 4 heteroatoms. The summed E-state index contributed by atoms with van der Waals surface area (Å²) in [5.41, 5.74) is 4.87. The van der Waals surface area contributed by atoms with Crippen LogP contribution in [0.25, 0.3) is 0 Å². The summed E-state index contributed by atoms with van der Waals surface area (Å²) in [6, 6.07) is 6.25. The highest BCUT2D eigenvalue weighted by atomic mass is 16.5. The normalized spacial score (nSPS) is 10.8. The molecule has 0 bridgehead atoms. The maximum Gasteiger partial charge on any atom is 0.123 e. The van der Waals surface area contributed by atoms with E-state index in [1.165, 1.54) is 16.7 Å². The fourth-order valence-electron chi connectivity index (χ4n) is 2.41. The first kappa shape index (κ1) is 14.6. The molecule has 2 rings (SSSR count). The maximum atomic E-state index is 5.40. The number of nitrogens with zero attached hydrogens (tertiary/aromatic N) is 2. The first-order chi connectivity index (χ1) is 9.63. The second-order valence-electron chi connectivity index (χ2n) is 5.05. The minimum absolute atomic E-state index is 0.795. The number of ether oxygens (including phenoxy) is 1. The molecular weight excluding hydrogens is 250 g/mol. The molecule has 0 saturated carbocycles. The van der Waals surface area contributed by atoms with Gasteiger partial charge in [-0.05, 0) is 19.4 Å². The van der Waals surface area contributed by atoms with Crippen LogP contribution < -0.4 is 10.1 Å². The van der Waals surface area contributed by atoms with Crippen molar-refractivity contribution in [2.75, 3.05) is 7.11 Å². The highest BCUT2D eigenvalue weighted by molar-refractivity contribution is 5.36. The number of rotatable bonds is 6. The van der Waals surface area contributed by atoms with Crippen molar-refractivity contribution in [1.82, 2.24) is 15.1 Å². The predicted molar refractivity (Wildman–Crippen MR) is 80.9 cm³/mol. The monoisotopic (exact) mass is 273 g/mol. The van der Waals surface area contributed by atoms with Gasteiger partial charge in [-0.25, -0.2) is 0 Å². The number of hydrogen-bond acceptors (Lipinski definition) is 3. The van der Waals surface area contributed by atoms with E-state index >= 15 is 0 Å². The Kier molecular flexibility index (Phi) is 4.79. The molecular formula is C16H23N3O. The lowest BCUT2D eigenvalue weighted by Crippen LogP contribution is -2.14. The molecule has 2 aromatic rings. The van der Waals surface area contributed by atoms with Crippen LogP contribution in [0.5, 0.6) is 5.75 Å². The number of aromatic nitrogens is 2. The van der Waals surface area contributed by atoms with Gasteiger partial charge in [0.1, 0.15) is 5.75 Å². The SMILES string of the molecule is CCc1nn(C)cc1CNCc1cc(C)ccc1OC. The van der Waals surface area contributed by atoms with E-state index in [-0.39, 0.29) is 0 Å². The number of aryl methyl sites for hydroxylation is 3. The van der Waals surface area contributed by atoms with Gasteiger partial charge in [0.05, 0.1) is 12.8 Å². The van der Waals surface area contributed by atoms with Crippen LogP contribution in [0.4, 0.5) is 0 Å². The van der Waals surface area contributed by atoms with Gasteiger partial charge in [0.2, 0.25) is 0 Å². The molecule has 0 saturated heterocycles. The van der Waals surface area contributed by atoms with Crippen molar-refractivity contribution in [2.24, 2.45) is 7.05 Å². The van der Waals surface area contributed by atoms with Crippen molar-refractivity contribution in [2.45, 2.75) is 33.4 Å². The average Bonchev–Trinajstić information content (AvgIpc) is 2.79. The van der Waals surface area contributed by atoms with E-state index in [2.05, 4.69) is 42.6 Å². The summed E-state index contributed by atoms with van der Waals surface area (Å²) in [6.07, 6.45) is 3.05. The van der Waals surface area contributed by atoms with Gasteiger partial charge in [-0.1, -0.05) is 24.6 Å². The van der Waals surface area contributed by atoms with Gasteiger partial charge in [-0.15, -0.1) is 0 Å². The fourth-order valence-corrected chi connectivity index (χ4v) is 2.41. The van der Waals surface area contributed by atoms with E-state index in [4.69, 9.17) is 4.74 Å². The van der Waals surface area contributed by atoms with Crippen LogP contribution in [-0.4, -0.2) is 16.9 Å². The zero-order valence-electron chi connectivity index (χ0n) is 12.7. The van der Waals surface area contributed by atoms with Gasteiger partial charge >= 0.3 is 0 Å². The van der Waals surface area contributed by atoms with E-state index in [1.54, 1.807) is 7.11 Å². The second-order valence-corrected chi connectivity index (χ2v) is 5.05. The van der Waals surface area contributed by atoms with Gasteiger partial charge < -0.3 is 10.1 Å². The molecule has 0 aliphatic heterocycles. The van der Waals surface area contributed by atoms with E-state index in [1.807, 2.05) is 17.8 Å². The molecule has 1 heterocycles. The molecule has 108 valence electrons. The van der Waals surface area contributed by atoms with Crippen LogP contribution in [0.1, 0.15) is 29.3 Å². The Hall–Kier alpha value is -1.81. The van der Waals surface area contributed by atoms with Gasteiger partial charge in [-0.2, -0.15) is 5.10 Å². The van der Waals surface area contributed by atoms with Crippen LogP contribution in [0, 0.1) is 6.92 Å². The lowest BCUT2D eigenvalue weighted by molar-refractivity contribution is 0.407. The molecule has 20 heavy (non-hydrogen) atoms. The third-order valence-corrected chi connectivity index (χ3v) is 3.39. The average molecular weight is 273 g/mol. The highest BCUT2D eigenvalue weighted by Crippen LogP contribution is 2.19. The molecule has 1 aromatic carbocycles. The minimum atomic E-state index is 0.795. The van der Waals surface area contributed by atoms with Crippen molar-refractivity contribution in [1.29, 1.82) is 0 Å². The summed E-state index contributed by atoms with van der Waals surface area (Å²) in [5, 5.41) is 7.93. The van der Waals surface area contributed by atoms with Gasteiger partial charge in [0.25, 0.3) is 0 Å². The Morgan fingerprint density at radius 2 is 2.00 bits per heavy atom. The smallest absolute Gasteiger partial charge is 0.123 e. The summed E-state index contributed by atoms with van der Waals surface area (Å²) in [5.74, 6) is 0.935. The van der Waals surface area contributed by atoms with Crippen LogP contribution in [0.15, 0.2) is 24.4 Å². The number of benzene rings is 1. The molecule has 0 fully saturated rings. The lowest BCUT2D eigenvalue weighted by atomic mass is 10.1. The Bertz CT molecular complexity index is 575. The molecule has 0 unspecified atom stereocenters. The third-order valence-electron chi connectivity index (χ3n) is 3.39. The van der Waals surface area contributed by atoms with Crippen molar-refractivity contribution in [3.8, 4) is 5.75 Å². The summed E-state index contributed by atoms with van der Waals surface area (Å²) < 4.78 is 7.27. The highest BCUT2D eigenvalue weighted by Gasteiger charge is 2.07. The molecule has 0 amide bonds. The van der Waals surface area contributed by atoms with Gasteiger partial charge in [-0.3, -0.25) is 4.68 Å². The van der Waals surface area contributed by atoms with Crippen molar-refractivity contribution >= 4 is 0 Å². The standard InChI is InChI=1S/C16H23N3O/c1-5-15-14(11-19(3)18-15)10-17-9-13-8-12(2)6-7-16(13)20-4/h6-8,11,17H,5,9-10H2,1-4H3. The van der Waals surface area contributed by atoms with Crippen molar-refractivity contribution < 1.29 is 4.74 Å². The molecule has 0 spiro atoms. The second kappa shape index (κ2) is 6.57. The summed E-state index contributed by atoms with van der Waals surface area (Å²) in [4.78, 5) is 0. The van der Waals surface area contributed by atoms with Gasteiger partial charge in [0, 0.05) is 37.5 Å². The zero-order valence-corrected chi connectivity index (χ0v) is 12.7. The maximum absolute atomic E-state index is 5.40. The predicted octanol–water partition coefficient (Wildman–Crippen LogP) is 2.59. The fraction of sp³-hybridized carbons (Fsp3) is 0.438. The van der Waals surface area contributed by atoms with Crippen LogP contribution in [0.2, 0.25) is 0 Å². The topological polar surface area (TPSA) is 39.1 Å². The Morgan fingerprint density at radius 3 is 2.70 bits per heavy atom. The minimum Gasteiger partial charge on any atom is -0.496 e. The lowest BCUT2D eigenvalue weighted by Gasteiger charge is -2.10. The molecule has 0 aliphatic rings.